The number of amides is 2. The van der Waals surface area contributed by atoms with Crippen molar-refractivity contribution in [3.05, 3.63) is 82.1 Å². The van der Waals surface area contributed by atoms with Gasteiger partial charge in [-0.3, -0.25) is 5.32 Å². The summed E-state index contributed by atoms with van der Waals surface area (Å²) in [7, 11) is 0. The molecule has 31 heavy (non-hydrogen) atoms. The molecule has 7 nitrogen and oxygen atoms in total. The number of hydrogen-bond donors (Lipinski definition) is 2. The fourth-order valence-electron chi connectivity index (χ4n) is 3.50. The number of guanidine groups is 1. The lowest BCUT2D eigenvalue weighted by Crippen LogP contribution is -2.47. The predicted molar refractivity (Wildman–Crippen MR) is 123 cm³/mol. The van der Waals surface area contributed by atoms with Gasteiger partial charge in [0.2, 0.25) is 5.96 Å². The largest absolute Gasteiger partial charge is 0.338 e. The number of aliphatic imine (C=N–C) groups is 1. The molecule has 0 radical (unpaired) electrons. The molecule has 1 aromatic heterocycles. The van der Waals surface area contributed by atoms with Gasteiger partial charge in [-0.1, -0.05) is 35.9 Å². The van der Waals surface area contributed by atoms with E-state index in [9.17, 15) is 4.79 Å². The van der Waals surface area contributed by atoms with Crippen molar-refractivity contribution in [3.63, 3.8) is 0 Å². The minimum atomic E-state index is -0.399. The molecular weight excluding hydrogens is 412 g/mol. The summed E-state index contributed by atoms with van der Waals surface area (Å²) in [5.74, 6) is 0.726. The average Bonchev–Trinajstić information content (AvgIpc) is 2.74. The molecule has 0 saturated heterocycles. The Morgan fingerprint density at radius 3 is 2.42 bits per heavy atom. The number of aromatic nitrogens is 2. The quantitative estimate of drug-likeness (QED) is 0.455. The first-order valence-corrected chi connectivity index (χ1v) is 10.4. The third-order valence-corrected chi connectivity index (χ3v) is 5.19. The van der Waals surface area contributed by atoms with Gasteiger partial charge in [0.05, 0.1) is 0 Å². The lowest BCUT2D eigenvalue weighted by molar-refractivity contribution is 0.254. The van der Waals surface area contributed by atoms with Crippen molar-refractivity contribution in [2.75, 3.05) is 11.9 Å². The van der Waals surface area contributed by atoms with Crippen LogP contribution in [0.5, 0.6) is 0 Å². The van der Waals surface area contributed by atoms with E-state index in [0.717, 1.165) is 24.4 Å². The van der Waals surface area contributed by atoms with E-state index < -0.39 is 6.03 Å². The van der Waals surface area contributed by atoms with E-state index >= 15 is 0 Å². The molecule has 0 unspecified atom stereocenters. The van der Waals surface area contributed by atoms with Crippen molar-refractivity contribution in [3.8, 4) is 0 Å². The maximum Gasteiger partial charge on any atom is 0.326 e. The van der Waals surface area contributed by atoms with Crippen molar-refractivity contribution in [1.82, 2.24) is 20.2 Å². The maximum atomic E-state index is 12.7. The second kappa shape index (κ2) is 9.14. The number of fused-ring (bicyclic) bond motifs is 1. The Morgan fingerprint density at radius 1 is 1.03 bits per heavy atom. The standard InChI is InChI=1S/C23H23ClN6O/c1-15-13-16(2)26-21(25-15)28-22(29-23(31)27-20-9-7-19(24)8-10-20)30-12-11-17-5-3-4-6-18(17)14-30/h3-10,13H,11-12,14H2,1-2H3,(H2,25,26,27,28,29,31). The lowest BCUT2D eigenvalue weighted by Gasteiger charge is -2.31. The van der Waals surface area contributed by atoms with E-state index in [0.29, 0.717) is 29.2 Å². The minimum absolute atomic E-state index is 0.318. The smallest absolute Gasteiger partial charge is 0.326 e. The zero-order chi connectivity index (χ0) is 21.8. The molecule has 158 valence electrons. The summed E-state index contributed by atoms with van der Waals surface area (Å²) in [4.78, 5) is 28.2. The Bertz CT molecular complexity index is 1110. The Kier molecular flexibility index (Phi) is 6.13. The molecule has 2 heterocycles. The Balaban J connectivity index is 1.60. The molecule has 4 rings (SSSR count). The van der Waals surface area contributed by atoms with Crippen LogP contribution in [0.1, 0.15) is 22.5 Å². The van der Waals surface area contributed by atoms with Crippen LogP contribution >= 0.6 is 11.6 Å². The number of nitrogens with zero attached hydrogens (tertiary/aromatic N) is 4. The second-order valence-electron chi connectivity index (χ2n) is 7.41. The highest BCUT2D eigenvalue weighted by atomic mass is 35.5. The zero-order valence-corrected chi connectivity index (χ0v) is 18.1. The molecule has 2 amide bonds. The number of halogens is 1. The third-order valence-electron chi connectivity index (χ3n) is 4.93. The molecule has 0 bridgehead atoms. The van der Waals surface area contributed by atoms with E-state index in [4.69, 9.17) is 11.6 Å². The molecule has 0 fully saturated rings. The summed E-state index contributed by atoms with van der Waals surface area (Å²) in [6.07, 6.45) is 0.864. The van der Waals surface area contributed by atoms with Crippen molar-refractivity contribution in [1.29, 1.82) is 0 Å². The number of carbonyl (C=O) groups excluding carboxylic acids is 1. The van der Waals surface area contributed by atoms with E-state index in [1.165, 1.54) is 11.1 Å². The molecule has 1 aliphatic heterocycles. The first-order chi connectivity index (χ1) is 15.0. The average molecular weight is 435 g/mol. The number of nitrogens with one attached hydrogen (secondary N) is 2. The fourth-order valence-corrected chi connectivity index (χ4v) is 3.63. The lowest BCUT2D eigenvalue weighted by atomic mass is 10.0. The number of aryl methyl sites for hydroxylation is 2. The minimum Gasteiger partial charge on any atom is -0.338 e. The summed E-state index contributed by atoms with van der Waals surface area (Å²) in [6.45, 7) is 5.15. The van der Waals surface area contributed by atoms with Gasteiger partial charge in [0.25, 0.3) is 5.95 Å². The highest BCUT2D eigenvalue weighted by Gasteiger charge is 2.21. The van der Waals surface area contributed by atoms with Crippen LogP contribution in [0.15, 0.2) is 59.6 Å². The van der Waals surface area contributed by atoms with Crippen LogP contribution in [0.2, 0.25) is 5.02 Å². The topological polar surface area (TPSA) is 82.5 Å². The molecule has 0 atom stereocenters. The van der Waals surface area contributed by atoms with Gasteiger partial charge in [-0.2, -0.15) is 4.99 Å². The van der Waals surface area contributed by atoms with Gasteiger partial charge in [0.1, 0.15) is 0 Å². The Morgan fingerprint density at radius 2 is 1.71 bits per heavy atom. The van der Waals surface area contributed by atoms with Crippen molar-refractivity contribution >= 4 is 35.2 Å². The van der Waals surface area contributed by atoms with Crippen LogP contribution in [0, 0.1) is 13.8 Å². The van der Waals surface area contributed by atoms with Crippen LogP contribution in [-0.4, -0.2) is 33.4 Å². The predicted octanol–water partition coefficient (Wildman–Crippen LogP) is 4.61. The van der Waals surface area contributed by atoms with Gasteiger partial charge in [-0.05, 0) is 61.7 Å². The Labute approximate surface area is 186 Å². The van der Waals surface area contributed by atoms with Crippen molar-refractivity contribution in [2.45, 2.75) is 26.8 Å². The number of carbonyl (C=O) groups is 1. The first kappa shape index (κ1) is 20.8. The maximum absolute atomic E-state index is 12.7. The molecule has 0 spiro atoms. The fraction of sp³-hybridized carbons (Fsp3) is 0.217. The highest BCUT2D eigenvalue weighted by molar-refractivity contribution is 6.30. The normalized spacial score (nSPS) is 13.5. The van der Waals surface area contributed by atoms with E-state index in [1.54, 1.807) is 24.3 Å². The molecular formula is C23H23ClN6O. The number of urea groups is 1. The van der Waals surface area contributed by atoms with Crippen LogP contribution in [-0.2, 0) is 13.0 Å². The van der Waals surface area contributed by atoms with Crippen LogP contribution in [0.3, 0.4) is 0 Å². The Hall–Kier alpha value is -3.45. The molecule has 2 N–H and O–H groups in total. The van der Waals surface area contributed by atoms with Gasteiger partial charge in [-0.15, -0.1) is 0 Å². The number of benzene rings is 2. The monoisotopic (exact) mass is 434 g/mol. The van der Waals surface area contributed by atoms with Gasteiger partial charge >= 0.3 is 6.03 Å². The van der Waals surface area contributed by atoms with E-state index in [1.807, 2.05) is 36.9 Å². The van der Waals surface area contributed by atoms with Crippen molar-refractivity contribution in [2.24, 2.45) is 4.99 Å². The molecule has 0 aliphatic carbocycles. The van der Waals surface area contributed by atoms with Gasteiger partial charge in [0.15, 0.2) is 0 Å². The third kappa shape index (κ3) is 5.38. The van der Waals surface area contributed by atoms with Crippen LogP contribution in [0.4, 0.5) is 16.4 Å². The number of hydrogen-bond acceptors (Lipinski definition) is 4. The van der Waals surface area contributed by atoms with Gasteiger partial charge in [-0.25, -0.2) is 14.8 Å². The zero-order valence-electron chi connectivity index (χ0n) is 17.4. The molecule has 0 saturated carbocycles. The van der Waals surface area contributed by atoms with Gasteiger partial charge in [0, 0.05) is 35.2 Å². The van der Waals surface area contributed by atoms with Crippen molar-refractivity contribution < 1.29 is 4.79 Å². The molecule has 3 aromatic rings. The van der Waals surface area contributed by atoms with Crippen LogP contribution in [0.25, 0.3) is 0 Å². The number of anilines is 1. The molecule has 2 aromatic carbocycles. The summed E-state index contributed by atoms with van der Waals surface area (Å²) in [5.41, 5.74) is 4.79. The van der Waals surface area contributed by atoms with E-state index in [-0.39, 0.29) is 0 Å². The highest BCUT2D eigenvalue weighted by Crippen LogP contribution is 2.20. The number of rotatable bonds is 2. The van der Waals surface area contributed by atoms with Gasteiger partial charge < -0.3 is 10.2 Å². The summed E-state index contributed by atoms with van der Waals surface area (Å²) in [5, 5.41) is 6.29. The summed E-state index contributed by atoms with van der Waals surface area (Å²) < 4.78 is 0. The summed E-state index contributed by atoms with van der Waals surface area (Å²) in [6, 6.07) is 16.7. The van der Waals surface area contributed by atoms with E-state index in [2.05, 4.69) is 37.7 Å². The molecule has 8 heteroatoms. The SMILES string of the molecule is Cc1cc(C)nc(/N=C(/NC(=O)Nc2ccc(Cl)cc2)N2CCc3ccccc3C2)n1. The summed E-state index contributed by atoms with van der Waals surface area (Å²) >= 11 is 5.92. The van der Waals surface area contributed by atoms with Crippen LogP contribution < -0.4 is 10.6 Å². The molecule has 1 aliphatic rings. The first-order valence-electron chi connectivity index (χ1n) is 10.0. The second-order valence-corrected chi connectivity index (χ2v) is 7.85.